The Morgan fingerprint density at radius 3 is 1.15 bits per heavy atom. The highest BCUT2D eigenvalue weighted by molar-refractivity contribution is 7.45. The Bertz CT molecular complexity index is 1160. The van der Waals surface area contributed by atoms with Gasteiger partial charge in [0, 0.05) is 6.42 Å². The topological polar surface area (TPSA) is 108 Å². The average molecular weight is 982 g/mol. The molecule has 9 heteroatoms. The number of rotatable bonds is 55. The van der Waals surface area contributed by atoms with E-state index in [1.165, 1.54) is 238 Å². The van der Waals surface area contributed by atoms with Crippen LogP contribution in [0.2, 0.25) is 0 Å². The molecular weight excluding hydrogens is 864 g/mol. The number of nitrogens with one attached hydrogen (secondary N) is 1. The average Bonchev–Trinajstić information content (AvgIpc) is 3.30. The van der Waals surface area contributed by atoms with Crippen molar-refractivity contribution in [2.24, 2.45) is 0 Å². The summed E-state index contributed by atoms with van der Waals surface area (Å²) >= 11 is 0. The van der Waals surface area contributed by atoms with Crippen LogP contribution in [0.4, 0.5) is 0 Å². The van der Waals surface area contributed by atoms with E-state index in [4.69, 9.17) is 9.05 Å². The molecule has 0 saturated carbocycles. The summed E-state index contributed by atoms with van der Waals surface area (Å²) in [4.78, 5) is 25.5. The molecule has 0 heterocycles. The third-order valence-electron chi connectivity index (χ3n) is 13.7. The van der Waals surface area contributed by atoms with Gasteiger partial charge in [-0.25, -0.2) is 0 Å². The fraction of sp³-hybridized carbons (Fsp3) is 0.915. The maximum atomic E-state index is 12.9. The van der Waals surface area contributed by atoms with E-state index in [9.17, 15) is 19.4 Å². The molecule has 1 amide bonds. The molecule has 0 radical (unpaired) electrons. The Kier molecular flexibility index (Phi) is 50.1. The van der Waals surface area contributed by atoms with Crippen molar-refractivity contribution in [2.75, 3.05) is 40.9 Å². The molecule has 0 aliphatic heterocycles. The summed E-state index contributed by atoms with van der Waals surface area (Å²) in [6.07, 6.45) is 64.1. The zero-order valence-electron chi connectivity index (χ0n) is 46.1. The smallest absolute Gasteiger partial charge is 0.268 e. The van der Waals surface area contributed by atoms with Crippen molar-refractivity contribution in [3.05, 3.63) is 24.3 Å². The van der Waals surface area contributed by atoms with Crippen LogP contribution in [0.25, 0.3) is 0 Å². The van der Waals surface area contributed by atoms with Gasteiger partial charge in [-0.2, -0.15) is 0 Å². The highest BCUT2D eigenvalue weighted by Crippen LogP contribution is 2.38. The SMILES string of the molecule is CCCCCCCC/C=C\CCCCCCCCCC(=O)NC(COP(=O)([O-])OCC[N+](C)(C)C)C(O)/C=C/CCCCCCCCCCCCCCCCCCCCCCCCCCCCC. The van der Waals surface area contributed by atoms with Gasteiger partial charge < -0.3 is 28.8 Å². The minimum atomic E-state index is -4.60. The predicted molar refractivity (Wildman–Crippen MR) is 293 cm³/mol. The number of phosphoric acid groups is 1. The van der Waals surface area contributed by atoms with Gasteiger partial charge in [-0.3, -0.25) is 9.36 Å². The van der Waals surface area contributed by atoms with Gasteiger partial charge in [-0.05, 0) is 44.9 Å². The number of aliphatic hydroxyl groups excluding tert-OH is 1. The Hall–Kier alpha value is -1.02. The molecule has 3 atom stereocenters. The third-order valence-corrected chi connectivity index (χ3v) is 14.6. The summed E-state index contributed by atoms with van der Waals surface area (Å²) < 4.78 is 23.4. The molecule has 8 nitrogen and oxygen atoms in total. The fourth-order valence-corrected chi connectivity index (χ4v) is 9.70. The minimum absolute atomic E-state index is 0.000230. The predicted octanol–water partition coefficient (Wildman–Crippen LogP) is 17.4. The number of phosphoric ester groups is 1. The molecule has 404 valence electrons. The van der Waals surface area contributed by atoms with Gasteiger partial charge in [-0.1, -0.05) is 269 Å². The molecule has 68 heavy (non-hydrogen) atoms. The molecular formula is C59H117N2O6P. The lowest BCUT2D eigenvalue weighted by Gasteiger charge is -2.29. The van der Waals surface area contributed by atoms with Crippen molar-refractivity contribution in [1.82, 2.24) is 5.32 Å². The van der Waals surface area contributed by atoms with E-state index < -0.39 is 20.0 Å². The first-order chi connectivity index (χ1) is 33.0. The van der Waals surface area contributed by atoms with Gasteiger partial charge in [0.25, 0.3) is 7.82 Å². The Morgan fingerprint density at radius 1 is 0.500 bits per heavy atom. The maximum absolute atomic E-state index is 12.9. The van der Waals surface area contributed by atoms with Gasteiger partial charge >= 0.3 is 0 Å². The fourth-order valence-electron chi connectivity index (χ4n) is 8.97. The van der Waals surface area contributed by atoms with Crippen molar-refractivity contribution in [2.45, 2.75) is 309 Å². The number of carbonyl (C=O) groups excluding carboxylic acids is 1. The van der Waals surface area contributed by atoms with Crippen molar-refractivity contribution in [3.63, 3.8) is 0 Å². The molecule has 0 aromatic carbocycles. The van der Waals surface area contributed by atoms with Crippen molar-refractivity contribution < 1.29 is 32.9 Å². The molecule has 0 saturated heterocycles. The lowest BCUT2D eigenvalue weighted by atomic mass is 10.0. The number of nitrogens with zero attached hydrogens (tertiary/aromatic N) is 1. The van der Waals surface area contributed by atoms with Crippen LogP contribution in [0.3, 0.4) is 0 Å². The summed E-state index contributed by atoms with van der Waals surface area (Å²) in [5.41, 5.74) is 0. The van der Waals surface area contributed by atoms with Gasteiger partial charge in [0.15, 0.2) is 0 Å². The van der Waals surface area contributed by atoms with Crippen LogP contribution in [0, 0.1) is 0 Å². The largest absolute Gasteiger partial charge is 0.756 e. The first kappa shape index (κ1) is 67.0. The van der Waals surface area contributed by atoms with Crippen LogP contribution in [-0.2, 0) is 18.4 Å². The zero-order chi connectivity index (χ0) is 49.9. The number of allylic oxidation sites excluding steroid dienone is 3. The highest BCUT2D eigenvalue weighted by atomic mass is 31.2. The monoisotopic (exact) mass is 981 g/mol. The van der Waals surface area contributed by atoms with Gasteiger partial charge in [-0.15, -0.1) is 0 Å². The van der Waals surface area contributed by atoms with Crippen LogP contribution in [0.15, 0.2) is 24.3 Å². The van der Waals surface area contributed by atoms with Crippen molar-refractivity contribution in [3.8, 4) is 0 Å². The van der Waals surface area contributed by atoms with Gasteiger partial charge in [0.05, 0.1) is 39.9 Å². The summed E-state index contributed by atoms with van der Waals surface area (Å²) in [5, 5.41) is 13.9. The van der Waals surface area contributed by atoms with Crippen molar-refractivity contribution >= 4 is 13.7 Å². The van der Waals surface area contributed by atoms with E-state index in [0.29, 0.717) is 17.4 Å². The molecule has 0 aromatic rings. The number of hydrogen-bond donors (Lipinski definition) is 2. The van der Waals surface area contributed by atoms with E-state index in [2.05, 4.69) is 31.3 Å². The standard InChI is InChI=1S/C59H117N2O6P/c1-6-8-10-12-14-16-18-20-22-24-25-26-27-28-29-30-31-32-33-34-35-37-38-40-42-44-46-48-50-52-58(62)57(56-67-68(64,65)66-55-54-61(3,4)5)60-59(63)53-51-49-47-45-43-41-39-36-23-21-19-17-15-13-11-9-7-2/h21,23,50,52,57-58,62H,6-20,22,24-49,51,53-56H2,1-5H3,(H-,60,63,64,65)/b23-21-,52-50+. The minimum Gasteiger partial charge on any atom is -0.756 e. The second kappa shape index (κ2) is 50.9. The summed E-state index contributed by atoms with van der Waals surface area (Å²) in [7, 11) is 1.27. The molecule has 3 unspecified atom stereocenters. The van der Waals surface area contributed by atoms with Crippen LogP contribution in [-0.4, -0.2) is 68.5 Å². The Labute approximate surface area is 424 Å². The third kappa shape index (κ3) is 52.8. The zero-order valence-corrected chi connectivity index (χ0v) is 47.0. The molecule has 0 fully saturated rings. The molecule has 2 N–H and O–H groups in total. The second-order valence-electron chi connectivity index (χ2n) is 21.7. The molecule has 0 aliphatic rings. The van der Waals surface area contributed by atoms with E-state index in [1.807, 2.05) is 27.2 Å². The number of amides is 1. The maximum Gasteiger partial charge on any atom is 0.268 e. The molecule has 0 bridgehead atoms. The number of carbonyl (C=O) groups is 1. The number of aliphatic hydroxyl groups is 1. The van der Waals surface area contributed by atoms with Crippen LogP contribution in [0.5, 0.6) is 0 Å². The summed E-state index contributed by atoms with van der Waals surface area (Å²) in [5.74, 6) is -0.198. The van der Waals surface area contributed by atoms with E-state index >= 15 is 0 Å². The number of hydrogen-bond acceptors (Lipinski definition) is 6. The Balaban J connectivity index is 4.13. The lowest BCUT2D eigenvalue weighted by Crippen LogP contribution is -2.45. The summed E-state index contributed by atoms with van der Waals surface area (Å²) in [6, 6.07) is -0.887. The molecule has 0 aromatic heterocycles. The number of unbranched alkanes of at least 4 members (excludes halogenated alkanes) is 40. The molecule has 0 rings (SSSR count). The molecule has 0 spiro atoms. The van der Waals surface area contributed by atoms with E-state index in [1.54, 1.807) is 6.08 Å². The first-order valence-corrected chi connectivity index (χ1v) is 31.2. The summed E-state index contributed by atoms with van der Waals surface area (Å²) in [6.45, 7) is 4.68. The van der Waals surface area contributed by atoms with Crippen molar-refractivity contribution in [1.29, 1.82) is 0 Å². The van der Waals surface area contributed by atoms with E-state index in [0.717, 1.165) is 38.5 Å². The van der Waals surface area contributed by atoms with Gasteiger partial charge in [0.1, 0.15) is 13.2 Å². The first-order valence-electron chi connectivity index (χ1n) is 29.7. The Morgan fingerprint density at radius 2 is 0.809 bits per heavy atom. The second-order valence-corrected chi connectivity index (χ2v) is 23.1. The van der Waals surface area contributed by atoms with Gasteiger partial charge in [0.2, 0.25) is 5.91 Å². The normalized spacial score (nSPS) is 14.0. The number of quaternary nitrogens is 1. The van der Waals surface area contributed by atoms with Crippen LogP contribution in [0.1, 0.15) is 296 Å². The lowest BCUT2D eigenvalue weighted by molar-refractivity contribution is -0.870. The van der Waals surface area contributed by atoms with Crippen LogP contribution >= 0.6 is 7.82 Å². The number of likely N-dealkylation sites (N-methyl/N-ethyl adjacent to an activating group) is 1. The highest BCUT2D eigenvalue weighted by Gasteiger charge is 2.23. The van der Waals surface area contributed by atoms with Crippen LogP contribution < -0.4 is 10.2 Å². The molecule has 0 aliphatic carbocycles. The van der Waals surface area contributed by atoms with E-state index in [-0.39, 0.29) is 19.1 Å². The quantitative estimate of drug-likeness (QED) is 0.0272.